The first kappa shape index (κ1) is 8.51. The van der Waals surface area contributed by atoms with E-state index in [1.54, 1.807) is 0 Å². The van der Waals surface area contributed by atoms with E-state index in [0.717, 1.165) is 32.4 Å². The van der Waals surface area contributed by atoms with Crippen molar-refractivity contribution >= 4 is 9.84 Å². The highest BCUT2D eigenvalue weighted by atomic mass is 32.2. The van der Waals surface area contributed by atoms with Crippen LogP contribution in [0.4, 0.5) is 0 Å². The normalized spacial score (nSPS) is 32.3. The molecule has 3 nitrogen and oxygen atoms in total. The van der Waals surface area contributed by atoms with Crippen molar-refractivity contribution in [2.75, 3.05) is 24.6 Å². The Morgan fingerprint density at radius 3 is 2.25 bits per heavy atom. The van der Waals surface area contributed by atoms with Crippen LogP contribution in [0, 0.1) is 5.41 Å². The predicted octanol–water partition coefficient (Wildman–Crippen LogP) is 0.175. The fourth-order valence-corrected chi connectivity index (χ4v) is 4.59. The molecule has 1 N–H and O–H groups in total. The van der Waals surface area contributed by atoms with E-state index < -0.39 is 9.84 Å². The van der Waals surface area contributed by atoms with Gasteiger partial charge in [0.2, 0.25) is 0 Å². The Morgan fingerprint density at radius 2 is 1.75 bits per heavy atom. The Bertz CT molecular complexity index is 265. The third kappa shape index (κ3) is 1.50. The maximum absolute atomic E-state index is 11.3. The monoisotopic (exact) mass is 189 g/mol. The van der Waals surface area contributed by atoms with Crippen LogP contribution in [-0.4, -0.2) is 33.0 Å². The van der Waals surface area contributed by atoms with E-state index in [4.69, 9.17) is 0 Å². The standard InChI is InChI=1S/C8H15NO2S/c10-12(11)6-3-8(7-12)1-4-9-5-2-8/h9H,1-7H2. The molecule has 0 saturated carbocycles. The molecule has 2 heterocycles. The summed E-state index contributed by atoms with van der Waals surface area (Å²) in [6, 6.07) is 0. The molecule has 2 rings (SSSR count). The van der Waals surface area contributed by atoms with E-state index >= 15 is 0 Å². The Labute approximate surface area is 73.5 Å². The number of rotatable bonds is 0. The highest BCUT2D eigenvalue weighted by molar-refractivity contribution is 7.91. The summed E-state index contributed by atoms with van der Waals surface area (Å²) in [7, 11) is -2.68. The van der Waals surface area contributed by atoms with E-state index in [2.05, 4.69) is 5.32 Å². The summed E-state index contributed by atoms with van der Waals surface area (Å²) in [6.45, 7) is 1.99. The minimum Gasteiger partial charge on any atom is -0.317 e. The fraction of sp³-hybridized carbons (Fsp3) is 1.00. The summed E-state index contributed by atoms with van der Waals surface area (Å²) in [5.41, 5.74) is 0.157. The lowest BCUT2D eigenvalue weighted by molar-refractivity contribution is 0.238. The summed E-state index contributed by atoms with van der Waals surface area (Å²) in [6.07, 6.45) is 3.00. The summed E-state index contributed by atoms with van der Waals surface area (Å²) in [5, 5.41) is 3.27. The summed E-state index contributed by atoms with van der Waals surface area (Å²) < 4.78 is 22.6. The van der Waals surface area contributed by atoms with Crippen LogP contribution in [0.15, 0.2) is 0 Å². The van der Waals surface area contributed by atoms with Gasteiger partial charge in [0.05, 0.1) is 11.5 Å². The maximum atomic E-state index is 11.3. The van der Waals surface area contributed by atoms with Gasteiger partial charge in [0, 0.05) is 0 Å². The number of nitrogens with one attached hydrogen (secondary N) is 1. The number of hydrogen-bond acceptors (Lipinski definition) is 3. The lowest BCUT2D eigenvalue weighted by atomic mass is 9.79. The highest BCUT2D eigenvalue weighted by Gasteiger charge is 2.42. The topological polar surface area (TPSA) is 46.2 Å². The van der Waals surface area contributed by atoms with Gasteiger partial charge in [-0.2, -0.15) is 0 Å². The molecule has 0 amide bonds. The molecular formula is C8H15NO2S. The van der Waals surface area contributed by atoms with Crippen molar-refractivity contribution in [1.82, 2.24) is 5.32 Å². The second-order valence-corrected chi connectivity index (χ2v) is 6.28. The van der Waals surface area contributed by atoms with E-state index in [0.29, 0.717) is 11.5 Å². The summed E-state index contributed by atoms with van der Waals surface area (Å²) >= 11 is 0. The van der Waals surface area contributed by atoms with Crippen LogP contribution < -0.4 is 5.32 Å². The number of sulfone groups is 1. The number of piperidine rings is 1. The van der Waals surface area contributed by atoms with Gasteiger partial charge in [0.1, 0.15) is 0 Å². The molecule has 0 bridgehead atoms. The zero-order chi connectivity index (χ0) is 8.66. The smallest absolute Gasteiger partial charge is 0.150 e. The van der Waals surface area contributed by atoms with Gasteiger partial charge in [-0.3, -0.25) is 0 Å². The quantitative estimate of drug-likeness (QED) is 0.591. The third-order valence-corrected chi connectivity index (χ3v) is 5.01. The SMILES string of the molecule is O=S1(=O)CCC2(CCNCC2)C1. The van der Waals surface area contributed by atoms with Gasteiger partial charge in [0.25, 0.3) is 0 Å². The molecule has 0 aliphatic carbocycles. The number of hydrogen-bond donors (Lipinski definition) is 1. The Balaban J connectivity index is 2.13. The van der Waals surface area contributed by atoms with Gasteiger partial charge in [0.15, 0.2) is 9.84 Å². The molecule has 0 unspecified atom stereocenters. The van der Waals surface area contributed by atoms with Gasteiger partial charge >= 0.3 is 0 Å². The van der Waals surface area contributed by atoms with E-state index in [9.17, 15) is 8.42 Å². The Kier molecular flexibility index (Phi) is 1.92. The molecule has 0 aromatic rings. The van der Waals surface area contributed by atoms with Crippen molar-refractivity contribution in [3.63, 3.8) is 0 Å². The molecular weight excluding hydrogens is 174 g/mol. The Morgan fingerprint density at radius 1 is 1.08 bits per heavy atom. The second kappa shape index (κ2) is 2.70. The molecule has 2 fully saturated rings. The molecule has 1 spiro atoms. The summed E-state index contributed by atoms with van der Waals surface area (Å²) in [5.74, 6) is 0.870. The molecule has 0 aromatic carbocycles. The van der Waals surface area contributed by atoms with Crippen LogP contribution in [0.25, 0.3) is 0 Å². The zero-order valence-electron chi connectivity index (χ0n) is 7.17. The predicted molar refractivity (Wildman–Crippen MR) is 47.8 cm³/mol. The van der Waals surface area contributed by atoms with Crippen molar-refractivity contribution in [3.8, 4) is 0 Å². The first-order valence-electron chi connectivity index (χ1n) is 4.53. The van der Waals surface area contributed by atoms with Crippen molar-refractivity contribution < 1.29 is 8.42 Å². The molecule has 2 saturated heterocycles. The van der Waals surface area contributed by atoms with Crippen molar-refractivity contribution in [2.24, 2.45) is 5.41 Å². The molecule has 0 aromatic heterocycles. The molecule has 2 aliphatic rings. The van der Waals surface area contributed by atoms with Gasteiger partial charge in [-0.25, -0.2) is 8.42 Å². The minimum atomic E-state index is -2.68. The molecule has 2 aliphatic heterocycles. The van der Waals surface area contributed by atoms with Crippen LogP contribution in [-0.2, 0) is 9.84 Å². The maximum Gasteiger partial charge on any atom is 0.150 e. The lowest BCUT2D eigenvalue weighted by Gasteiger charge is -2.32. The molecule has 12 heavy (non-hydrogen) atoms. The van der Waals surface area contributed by atoms with Crippen LogP contribution >= 0.6 is 0 Å². The summed E-state index contributed by atoms with van der Waals surface area (Å²) in [4.78, 5) is 0. The Hall–Kier alpha value is -0.0900. The van der Waals surface area contributed by atoms with E-state index in [-0.39, 0.29) is 5.41 Å². The van der Waals surface area contributed by atoms with Crippen LogP contribution in [0.3, 0.4) is 0 Å². The van der Waals surface area contributed by atoms with Crippen molar-refractivity contribution in [3.05, 3.63) is 0 Å². The fourth-order valence-electron chi connectivity index (χ4n) is 2.33. The van der Waals surface area contributed by atoms with Gasteiger partial charge in [-0.05, 0) is 37.8 Å². The molecule has 0 atom stereocenters. The van der Waals surface area contributed by atoms with Crippen LogP contribution in [0.1, 0.15) is 19.3 Å². The average molecular weight is 189 g/mol. The third-order valence-electron chi connectivity index (χ3n) is 3.13. The van der Waals surface area contributed by atoms with Gasteiger partial charge < -0.3 is 5.32 Å². The lowest BCUT2D eigenvalue weighted by Crippen LogP contribution is -2.37. The van der Waals surface area contributed by atoms with Gasteiger partial charge in [-0.1, -0.05) is 0 Å². The van der Waals surface area contributed by atoms with Crippen molar-refractivity contribution in [2.45, 2.75) is 19.3 Å². The largest absolute Gasteiger partial charge is 0.317 e. The van der Waals surface area contributed by atoms with E-state index in [1.165, 1.54) is 0 Å². The van der Waals surface area contributed by atoms with Gasteiger partial charge in [-0.15, -0.1) is 0 Å². The first-order valence-corrected chi connectivity index (χ1v) is 6.35. The molecule has 70 valence electrons. The molecule has 4 heteroatoms. The van der Waals surface area contributed by atoms with Crippen LogP contribution in [0.2, 0.25) is 0 Å². The first-order chi connectivity index (χ1) is 5.62. The van der Waals surface area contributed by atoms with E-state index in [1.807, 2.05) is 0 Å². The second-order valence-electron chi connectivity index (χ2n) is 4.09. The van der Waals surface area contributed by atoms with Crippen molar-refractivity contribution in [1.29, 1.82) is 0 Å². The minimum absolute atomic E-state index is 0.157. The molecule has 0 radical (unpaired) electrons. The highest BCUT2D eigenvalue weighted by Crippen LogP contribution is 2.39. The average Bonchev–Trinajstić information content (AvgIpc) is 2.29. The van der Waals surface area contributed by atoms with Crippen LogP contribution in [0.5, 0.6) is 0 Å². The zero-order valence-corrected chi connectivity index (χ0v) is 7.99.